The highest BCUT2D eigenvalue weighted by Crippen LogP contribution is 2.25. The fraction of sp³-hybridized carbons (Fsp3) is 0.167. The number of nitrogens with zero attached hydrogens (tertiary/aromatic N) is 1. The molecule has 1 heterocycles. The third kappa shape index (κ3) is 2.48. The second-order valence-corrected chi connectivity index (χ2v) is 5.25. The Hall–Kier alpha value is -2.62. The van der Waals surface area contributed by atoms with E-state index in [0.29, 0.717) is 12.0 Å². The second-order valence-electron chi connectivity index (χ2n) is 5.25. The smallest absolute Gasteiger partial charge is 0.338 e. The topological polar surface area (TPSA) is 31.2 Å². The summed E-state index contributed by atoms with van der Waals surface area (Å²) in [6.07, 6.45) is 2.56. The summed E-state index contributed by atoms with van der Waals surface area (Å²) in [5.41, 5.74) is 3.34. The van der Waals surface area contributed by atoms with Crippen LogP contribution in [0.25, 0.3) is 10.9 Å². The van der Waals surface area contributed by atoms with E-state index in [1.165, 1.54) is 19.2 Å². The summed E-state index contributed by atoms with van der Waals surface area (Å²) in [5.74, 6) is -0.600. The standard InChI is InChI=1S/C18H16FNO2/c1-20-11-13(15-8-7-14(19)10-17(15)20)9-12-5-3-4-6-16(12)18(21)22-2/h3-8,10-11H,9H2,1-2H3. The van der Waals surface area contributed by atoms with Gasteiger partial charge in [-0.05, 0) is 35.4 Å². The summed E-state index contributed by atoms with van der Waals surface area (Å²) in [7, 11) is 3.26. The molecule has 22 heavy (non-hydrogen) atoms. The van der Waals surface area contributed by atoms with Crippen LogP contribution in [0.15, 0.2) is 48.7 Å². The Morgan fingerprint density at radius 3 is 2.73 bits per heavy atom. The molecule has 0 atom stereocenters. The summed E-state index contributed by atoms with van der Waals surface area (Å²) in [6, 6.07) is 12.1. The Balaban J connectivity index is 2.06. The third-order valence-corrected chi connectivity index (χ3v) is 3.84. The Kier molecular flexibility index (Phi) is 3.67. The Bertz CT molecular complexity index is 851. The van der Waals surface area contributed by atoms with Gasteiger partial charge in [-0.2, -0.15) is 0 Å². The van der Waals surface area contributed by atoms with Crippen molar-refractivity contribution in [1.82, 2.24) is 4.57 Å². The van der Waals surface area contributed by atoms with Crippen molar-refractivity contribution in [2.45, 2.75) is 6.42 Å². The van der Waals surface area contributed by atoms with Gasteiger partial charge in [0.25, 0.3) is 0 Å². The maximum Gasteiger partial charge on any atom is 0.338 e. The summed E-state index contributed by atoms with van der Waals surface area (Å²) in [6.45, 7) is 0. The van der Waals surface area contributed by atoms with Crippen LogP contribution in [0.2, 0.25) is 0 Å². The summed E-state index contributed by atoms with van der Waals surface area (Å²) in [5, 5.41) is 0.989. The molecule has 0 aliphatic rings. The Labute approximate surface area is 127 Å². The van der Waals surface area contributed by atoms with E-state index < -0.39 is 0 Å². The molecule has 4 heteroatoms. The third-order valence-electron chi connectivity index (χ3n) is 3.84. The lowest BCUT2D eigenvalue weighted by Gasteiger charge is -2.07. The normalized spacial score (nSPS) is 10.9. The monoisotopic (exact) mass is 297 g/mol. The van der Waals surface area contributed by atoms with E-state index in [4.69, 9.17) is 4.74 Å². The van der Waals surface area contributed by atoms with Crippen LogP contribution in [-0.4, -0.2) is 17.6 Å². The maximum atomic E-state index is 13.4. The zero-order valence-corrected chi connectivity index (χ0v) is 12.5. The van der Waals surface area contributed by atoms with E-state index >= 15 is 0 Å². The van der Waals surface area contributed by atoms with Crippen LogP contribution in [0.1, 0.15) is 21.5 Å². The average molecular weight is 297 g/mol. The number of rotatable bonds is 3. The molecule has 0 bridgehead atoms. The summed E-state index contributed by atoms with van der Waals surface area (Å²) < 4.78 is 20.1. The highest BCUT2D eigenvalue weighted by atomic mass is 19.1. The minimum Gasteiger partial charge on any atom is -0.465 e. The van der Waals surface area contributed by atoms with Crippen LogP contribution in [0.3, 0.4) is 0 Å². The first-order valence-electron chi connectivity index (χ1n) is 7.00. The fourth-order valence-corrected chi connectivity index (χ4v) is 2.77. The molecule has 3 nitrogen and oxygen atoms in total. The van der Waals surface area contributed by atoms with Gasteiger partial charge in [0.1, 0.15) is 5.82 Å². The van der Waals surface area contributed by atoms with Gasteiger partial charge in [0.15, 0.2) is 0 Å². The molecule has 2 aromatic carbocycles. The van der Waals surface area contributed by atoms with E-state index in [1.54, 1.807) is 12.1 Å². The van der Waals surface area contributed by atoms with Crippen LogP contribution in [0.5, 0.6) is 0 Å². The van der Waals surface area contributed by atoms with E-state index in [-0.39, 0.29) is 11.8 Å². The van der Waals surface area contributed by atoms with Crippen LogP contribution >= 0.6 is 0 Å². The van der Waals surface area contributed by atoms with Crippen molar-refractivity contribution >= 4 is 16.9 Å². The molecule has 0 spiro atoms. The molecule has 0 unspecified atom stereocenters. The molecule has 0 aliphatic heterocycles. The van der Waals surface area contributed by atoms with Gasteiger partial charge in [-0.1, -0.05) is 18.2 Å². The van der Waals surface area contributed by atoms with Gasteiger partial charge in [0.05, 0.1) is 18.2 Å². The molecule has 0 radical (unpaired) electrons. The van der Waals surface area contributed by atoms with E-state index in [2.05, 4.69) is 0 Å². The zero-order valence-electron chi connectivity index (χ0n) is 12.5. The summed E-state index contributed by atoms with van der Waals surface area (Å²) >= 11 is 0. The van der Waals surface area contributed by atoms with Gasteiger partial charge < -0.3 is 9.30 Å². The first kappa shape index (κ1) is 14.3. The number of esters is 1. The average Bonchev–Trinajstić information content (AvgIpc) is 2.83. The SMILES string of the molecule is COC(=O)c1ccccc1Cc1cn(C)c2cc(F)ccc12. The molecule has 0 N–H and O–H groups in total. The molecular weight excluding hydrogens is 281 g/mol. The van der Waals surface area contributed by atoms with Crippen molar-refractivity contribution in [3.05, 3.63) is 71.2 Å². The van der Waals surface area contributed by atoms with Gasteiger partial charge in [-0.25, -0.2) is 9.18 Å². The maximum absolute atomic E-state index is 13.4. The highest BCUT2D eigenvalue weighted by Gasteiger charge is 2.14. The predicted molar refractivity (Wildman–Crippen MR) is 83.5 cm³/mol. The molecule has 3 aromatic rings. The number of methoxy groups -OCH3 is 1. The first-order valence-corrected chi connectivity index (χ1v) is 7.00. The number of fused-ring (bicyclic) bond motifs is 1. The summed E-state index contributed by atoms with van der Waals surface area (Å²) in [4.78, 5) is 11.9. The van der Waals surface area contributed by atoms with Crippen molar-refractivity contribution in [3.8, 4) is 0 Å². The molecule has 0 fully saturated rings. The van der Waals surface area contributed by atoms with E-state index in [1.807, 2.05) is 36.0 Å². The van der Waals surface area contributed by atoms with Crippen LogP contribution in [-0.2, 0) is 18.2 Å². The lowest BCUT2D eigenvalue weighted by molar-refractivity contribution is 0.0599. The van der Waals surface area contributed by atoms with Crippen molar-refractivity contribution in [1.29, 1.82) is 0 Å². The van der Waals surface area contributed by atoms with Gasteiger partial charge >= 0.3 is 5.97 Å². The number of halogens is 1. The second kappa shape index (κ2) is 5.64. The number of carbonyl (C=O) groups is 1. The number of aryl methyl sites for hydroxylation is 1. The largest absolute Gasteiger partial charge is 0.465 e. The minimum atomic E-state index is -0.345. The molecule has 0 saturated heterocycles. The molecular formula is C18H16FNO2. The fourth-order valence-electron chi connectivity index (χ4n) is 2.77. The number of hydrogen-bond donors (Lipinski definition) is 0. The van der Waals surface area contributed by atoms with Crippen molar-refractivity contribution in [2.75, 3.05) is 7.11 Å². The Morgan fingerprint density at radius 1 is 1.18 bits per heavy atom. The zero-order chi connectivity index (χ0) is 15.7. The van der Waals surface area contributed by atoms with Gasteiger partial charge in [0, 0.05) is 25.1 Å². The molecule has 0 saturated carbocycles. The number of hydrogen-bond acceptors (Lipinski definition) is 2. The molecule has 1 aromatic heterocycles. The first-order chi connectivity index (χ1) is 10.6. The van der Waals surface area contributed by atoms with Crippen molar-refractivity contribution in [2.24, 2.45) is 7.05 Å². The van der Waals surface area contributed by atoms with Gasteiger partial charge in [-0.3, -0.25) is 0 Å². The molecule has 0 amide bonds. The Morgan fingerprint density at radius 2 is 1.95 bits per heavy atom. The van der Waals surface area contributed by atoms with E-state index in [9.17, 15) is 9.18 Å². The van der Waals surface area contributed by atoms with Crippen LogP contribution in [0.4, 0.5) is 4.39 Å². The van der Waals surface area contributed by atoms with Crippen molar-refractivity contribution in [3.63, 3.8) is 0 Å². The van der Waals surface area contributed by atoms with Crippen LogP contribution in [0, 0.1) is 5.82 Å². The van der Waals surface area contributed by atoms with E-state index in [0.717, 1.165) is 22.0 Å². The highest BCUT2D eigenvalue weighted by molar-refractivity contribution is 5.91. The van der Waals surface area contributed by atoms with Crippen molar-refractivity contribution < 1.29 is 13.9 Å². The molecule has 3 rings (SSSR count). The lowest BCUT2D eigenvalue weighted by atomic mass is 9.99. The van der Waals surface area contributed by atoms with Gasteiger partial charge in [-0.15, -0.1) is 0 Å². The molecule has 112 valence electrons. The number of ether oxygens (including phenoxy) is 1. The number of benzene rings is 2. The quantitative estimate of drug-likeness (QED) is 0.690. The molecule has 0 aliphatic carbocycles. The van der Waals surface area contributed by atoms with Gasteiger partial charge in [0.2, 0.25) is 0 Å². The predicted octanol–water partition coefficient (Wildman–Crippen LogP) is 3.69. The number of aromatic nitrogens is 1. The van der Waals surface area contributed by atoms with Crippen LogP contribution < -0.4 is 0 Å². The minimum absolute atomic E-state index is 0.254. The number of carbonyl (C=O) groups excluding carboxylic acids is 1. The lowest BCUT2D eigenvalue weighted by Crippen LogP contribution is -2.05.